The van der Waals surface area contributed by atoms with Crippen molar-refractivity contribution in [3.05, 3.63) is 35.9 Å². The standard InChI is InChI=1S/C17H26N2O/c1-4-12(2)16(14-8-6-5-7-9-14)17(20)19-15-11-18-10-13(15)3/h5-9,12-13,15-16,18H,4,10-11H2,1-3H3,(H,19,20). The van der Waals surface area contributed by atoms with Crippen LogP contribution in [0.4, 0.5) is 0 Å². The second kappa shape index (κ2) is 6.89. The molecule has 110 valence electrons. The summed E-state index contributed by atoms with van der Waals surface area (Å²) < 4.78 is 0. The van der Waals surface area contributed by atoms with Gasteiger partial charge in [-0.2, -0.15) is 0 Å². The van der Waals surface area contributed by atoms with E-state index in [1.54, 1.807) is 0 Å². The van der Waals surface area contributed by atoms with Crippen LogP contribution in [0.3, 0.4) is 0 Å². The quantitative estimate of drug-likeness (QED) is 0.866. The summed E-state index contributed by atoms with van der Waals surface area (Å²) in [5.74, 6) is 0.981. The van der Waals surface area contributed by atoms with Gasteiger partial charge in [-0.1, -0.05) is 57.5 Å². The molecule has 1 fully saturated rings. The number of rotatable bonds is 5. The van der Waals surface area contributed by atoms with Crippen LogP contribution in [0.25, 0.3) is 0 Å². The van der Waals surface area contributed by atoms with E-state index in [-0.39, 0.29) is 17.9 Å². The van der Waals surface area contributed by atoms with Crippen LogP contribution in [0, 0.1) is 11.8 Å². The lowest BCUT2D eigenvalue weighted by Gasteiger charge is -2.26. The van der Waals surface area contributed by atoms with E-state index in [0.717, 1.165) is 25.1 Å². The summed E-state index contributed by atoms with van der Waals surface area (Å²) in [4.78, 5) is 12.7. The SMILES string of the molecule is CCC(C)C(C(=O)NC1CNCC1C)c1ccccc1. The van der Waals surface area contributed by atoms with E-state index in [2.05, 4.69) is 43.5 Å². The molecule has 1 saturated heterocycles. The highest BCUT2D eigenvalue weighted by molar-refractivity contribution is 5.84. The molecule has 0 saturated carbocycles. The van der Waals surface area contributed by atoms with Crippen molar-refractivity contribution in [1.29, 1.82) is 0 Å². The summed E-state index contributed by atoms with van der Waals surface area (Å²) in [6, 6.07) is 10.4. The van der Waals surface area contributed by atoms with Gasteiger partial charge in [-0.3, -0.25) is 4.79 Å². The van der Waals surface area contributed by atoms with Gasteiger partial charge in [0.05, 0.1) is 5.92 Å². The number of hydrogen-bond donors (Lipinski definition) is 2. The molecular weight excluding hydrogens is 248 g/mol. The molecule has 0 bridgehead atoms. The highest BCUT2D eigenvalue weighted by Gasteiger charge is 2.30. The number of hydrogen-bond acceptors (Lipinski definition) is 2. The van der Waals surface area contributed by atoms with E-state index in [1.165, 1.54) is 0 Å². The lowest BCUT2D eigenvalue weighted by molar-refractivity contribution is -0.124. The monoisotopic (exact) mass is 274 g/mol. The average Bonchev–Trinajstić information content (AvgIpc) is 2.85. The summed E-state index contributed by atoms with van der Waals surface area (Å²) in [6.45, 7) is 8.37. The topological polar surface area (TPSA) is 41.1 Å². The predicted molar refractivity (Wildman–Crippen MR) is 82.6 cm³/mol. The Hall–Kier alpha value is -1.35. The van der Waals surface area contributed by atoms with Crippen LogP contribution >= 0.6 is 0 Å². The average molecular weight is 274 g/mol. The van der Waals surface area contributed by atoms with Crippen LogP contribution in [0.2, 0.25) is 0 Å². The molecule has 3 heteroatoms. The van der Waals surface area contributed by atoms with Gasteiger partial charge in [0.15, 0.2) is 0 Å². The Kier molecular flexibility index (Phi) is 5.18. The number of nitrogens with one attached hydrogen (secondary N) is 2. The number of amides is 1. The maximum absolute atomic E-state index is 12.7. The fourth-order valence-corrected chi connectivity index (χ4v) is 2.91. The van der Waals surface area contributed by atoms with E-state index < -0.39 is 0 Å². The van der Waals surface area contributed by atoms with Crippen molar-refractivity contribution in [3.8, 4) is 0 Å². The smallest absolute Gasteiger partial charge is 0.228 e. The maximum atomic E-state index is 12.7. The minimum atomic E-state index is -0.0472. The predicted octanol–water partition coefficient (Wildman–Crippen LogP) is 2.54. The molecule has 1 aromatic carbocycles. The Morgan fingerprint density at radius 3 is 2.60 bits per heavy atom. The molecule has 1 aromatic rings. The van der Waals surface area contributed by atoms with Crippen molar-refractivity contribution in [2.45, 2.75) is 39.2 Å². The summed E-state index contributed by atoms with van der Waals surface area (Å²) in [5.41, 5.74) is 1.12. The minimum Gasteiger partial charge on any atom is -0.351 e. The Labute approximate surface area is 122 Å². The van der Waals surface area contributed by atoms with Crippen LogP contribution in [-0.4, -0.2) is 25.0 Å². The van der Waals surface area contributed by atoms with E-state index in [0.29, 0.717) is 11.8 Å². The second-order valence-electron chi connectivity index (χ2n) is 6.02. The maximum Gasteiger partial charge on any atom is 0.228 e. The van der Waals surface area contributed by atoms with Gasteiger partial charge in [-0.05, 0) is 23.9 Å². The molecule has 4 unspecified atom stereocenters. The Balaban J connectivity index is 2.12. The first-order chi connectivity index (χ1) is 9.63. The number of benzene rings is 1. The summed E-state index contributed by atoms with van der Waals surface area (Å²) >= 11 is 0. The van der Waals surface area contributed by atoms with Crippen LogP contribution in [0.5, 0.6) is 0 Å². The van der Waals surface area contributed by atoms with Crippen LogP contribution in [0.15, 0.2) is 30.3 Å². The van der Waals surface area contributed by atoms with Gasteiger partial charge in [-0.25, -0.2) is 0 Å². The highest BCUT2D eigenvalue weighted by Crippen LogP contribution is 2.27. The lowest BCUT2D eigenvalue weighted by Crippen LogP contribution is -2.43. The summed E-state index contributed by atoms with van der Waals surface area (Å²) in [6.07, 6.45) is 1.01. The van der Waals surface area contributed by atoms with Crippen molar-refractivity contribution < 1.29 is 4.79 Å². The van der Waals surface area contributed by atoms with Crippen molar-refractivity contribution in [2.75, 3.05) is 13.1 Å². The molecule has 0 aromatic heterocycles. The number of carbonyl (C=O) groups is 1. The lowest BCUT2D eigenvalue weighted by atomic mass is 9.84. The van der Waals surface area contributed by atoms with Crippen molar-refractivity contribution in [3.63, 3.8) is 0 Å². The molecule has 1 aliphatic heterocycles. The van der Waals surface area contributed by atoms with Gasteiger partial charge in [0, 0.05) is 12.6 Å². The molecule has 1 amide bonds. The molecule has 4 atom stereocenters. The van der Waals surface area contributed by atoms with Gasteiger partial charge >= 0.3 is 0 Å². The van der Waals surface area contributed by atoms with Gasteiger partial charge in [0.25, 0.3) is 0 Å². The van der Waals surface area contributed by atoms with E-state index in [9.17, 15) is 4.79 Å². The minimum absolute atomic E-state index is 0.0472. The fourth-order valence-electron chi connectivity index (χ4n) is 2.91. The number of carbonyl (C=O) groups excluding carboxylic acids is 1. The van der Waals surface area contributed by atoms with Crippen molar-refractivity contribution >= 4 is 5.91 Å². The summed E-state index contributed by atoms with van der Waals surface area (Å²) in [7, 11) is 0. The van der Waals surface area contributed by atoms with E-state index >= 15 is 0 Å². The molecule has 0 aliphatic carbocycles. The first kappa shape index (κ1) is 15.0. The highest BCUT2D eigenvalue weighted by atomic mass is 16.2. The Morgan fingerprint density at radius 2 is 2.05 bits per heavy atom. The third-order valence-electron chi connectivity index (χ3n) is 4.50. The molecule has 0 spiro atoms. The molecular formula is C17H26N2O. The van der Waals surface area contributed by atoms with E-state index in [4.69, 9.17) is 0 Å². The fraction of sp³-hybridized carbons (Fsp3) is 0.588. The van der Waals surface area contributed by atoms with Crippen molar-refractivity contribution in [1.82, 2.24) is 10.6 Å². The van der Waals surface area contributed by atoms with Gasteiger partial charge in [0.1, 0.15) is 0 Å². The largest absolute Gasteiger partial charge is 0.351 e. The summed E-state index contributed by atoms with van der Waals surface area (Å²) in [5, 5.41) is 6.58. The molecule has 0 radical (unpaired) electrons. The van der Waals surface area contributed by atoms with Gasteiger partial charge < -0.3 is 10.6 Å². The molecule has 3 nitrogen and oxygen atoms in total. The molecule has 2 rings (SSSR count). The van der Waals surface area contributed by atoms with Crippen LogP contribution < -0.4 is 10.6 Å². The zero-order valence-corrected chi connectivity index (χ0v) is 12.7. The zero-order valence-electron chi connectivity index (χ0n) is 12.7. The molecule has 1 aliphatic rings. The van der Waals surface area contributed by atoms with E-state index in [1.807, 2.05) is 18.2 Å². The van der Waals surface area contributed by atoms with Crippen molar-refractivity contribution in [2.24, 2.45) is 11.8 Å². The third kappa shape index (κ3) is 3.40. The molecule has 2 N–H and O–H groups in total. The Morgan fingerprint density at radius 1 is 1.35 bits per heavy atom. The zero-order chi connectivity index (χ0) is 14.5. The third-order valence-corrected chi connectivity index (χ3v) is 4.50. The molecule has 20 heavy (non-hydrogen) atoms. The first-order valence-corrected chi connectivity index (χ1v) is 7.69. The Bertz CT molecular complexity index is 432. The first-order valence-electron chi connectivity index (χ1n) is 7.69. The molecule has 1 heterocycles. The van der Waals surface area contributed by atoms with Gasteiger partial charge in [0.2, 0.25) is 5.91 Å². The van der Waals surface area contributed by atoms with Crippen LogP contribution in [-0.2, 0) is 4.79 Å². The second-order valence-corrected chi connectivity index (χ2v) is 6.02. The normalized spacial score (nSPS) is 25.1. The van der Waals surface area contributed by atoms with Crippen LogP contribution in [0.1, 0.15) is 38.7 Å². The van der Waals surface area contributed by atoms with Gasteiger partial charge in [-0.15, -0.1) is 0 Å².